The molecule has 0 bridgehead atoms. The highest BCUT2D eigenvalue weighted by Gasteiger charge is 2.02. The topological polar surface area (TPSA) is 29.9 Å². The van der Waals surface area contributed by atoms with Crippen molar-refractivity contribution in [2.45, 2.75) is 13.5 Å². The fourth-order valence-electron chi connectivity index (χ4n) is 2.14. The Kier molecular flexibility index (Phi) is 3.50. The van der Waals surface area contributed by atoms with Gasteiger partial charge in [0.1, 0.15) is 0 Å². The lowest BCUT2D eigenvalue weighted by Gasteiger charge is -2.07. The van der Waals surface area contributed by atoms with Crippen molar-refractivity contribution in [3.63, 3.8) is 0 Å². The zero-order chi connectivity index (χ0) is 13.8. The third-order valence-corrected chi connectivity index (χ3v) is 3.27. The average molecular weight is 263 g/mol. The molecule has 20 heavy (non-hydrogen) atoms. The molecule has 0 atom stereocenters. The molecule has 3 heteroatoms. The Balaban J connectivity index is 1.71. The number of hydrogen-bond acceptors (Lipinski definition) is 2. The van der Waals surface area contributed by atoms with Gasteiger partial charge in [-0.1, -0.05) is 36.4 Å². The Labute approximate surface area is 118 Å². The van der Waals surface area contributed by atoms with Crippen LogP contribution in [0.25, 0.3) is 5.69 Å². The molecule has 3 rings (SSSR count). The minimum absolute atomic E-state index is 0.727. The van der Waals surface area contributed by atoms with Crippen molar-refractivity contribution >= 4 is 5.69 Å². The Morgan fingerprint density at radius 2 is 1.70 bits per heavy atom. The Morgan fingerprint density at radius 3 is 2.50 bits per heavy atom. The molecule has 1 heterocycles. The van der Waals surface area contributed by atoms with Gasteiger partial charge in [0.25, 0.3) is 0 Å². The maximum Gasteiger partial charge on any atom is 0.0819 e. The number of nitrogens with zero attached hydrogens (tertiary/aromatic N) is 2. The summed E-state index contributed by atoms with van der Waals surface area (Å²) in [6.45, 7) is 2.83. The van der Waals surface area contributed by atoms with Crippen LogP contribution in [-0.4, -0.2) is 9.78 Å². The molecule has 0 saturated carbocycles. The number of anilines is 1. The Hall–Kier alpha value is -2.55. The van der Waals surface area contributed by atoms with Crippen LogP contribution < -0.4 is 5.32 Å². The van der Waals surface area contributed by atoms with Gasteiger partial charge in [-0.3, -0.25) is 0 Å². The van der Waals surface area contributed by atoms with Crippen LogP contribution in [0.5, 0.6) is 0 Å². The molecule has 0 amide bonds. The van der Waals surface area contributed by atoms with Gasteiger partial charge in [0.2, 0.25) is 0 Å². The maximum atomic E-state index is 4.58. The highest BCUT2D eigenvalue weighted by molar-refractivity contribution is 5.50. The van der Waals surface area contributed by atoms with E-state index in [1.807, 2.05) is 59.4 Å². The molecule has 2 aromatic carbocycles. The van der Waals surface area contributed by atoms with Crippen LogP contribution in [0.3, 0.4) is 0 Å². The molecule has 0 fully saturated rings. The molecule has 1 N–H and O–H groups in total. The summed E-state index contributed by atoms with van der Waals surface area (Å²) in [6.07, 6.45) is 1.99. The van der Waals surface area contributed by atoms with Crippen molar-refractivity contribution in [3.8, 4) is 5.69 Å². The minimum Gasteiger partial charge on any atom is -0.379 e. The number of benzene rings is 2. The molecular formula is C17H17N3. The second-order valence-electron chi connectivity index (χ2n) is 4.76. The van der Waals surface area contributed by atoms with E-state index in [0.717, 1.165) is 23.6 Å². The molecule has 3 nitrogen and oxygen atoms in total. The zero-order valence-corrected chi connectivity index (χ0v) is 11.5. The second kappa shape index (κ2) is 5.61. The summed E-state index contributed by atoms with van der Waals surface area (Å²) >= 11 is 0. The van der Waals surface area contributed by atoms with Crippen LogP contribution in [0.2, 0.25) is 0 Å². The largest absolute Gasteiger partial charge is 0.379 e. The summed E-state index contributed by atoms with van der Waals surface area (Å²) in [5.74, 6) is 0. The monoisotopic (exact) mass is 263 g/mol. The van der Waals surface area contributed by atoms with E-state index in [1.54, 1.807) is 0 Å². The van der Waals surface area contributed by atoms with Crippen LogP contribution in [-0.2, 0) is 6.54 Å². The third kappa shape index (κ3) is 2.72. The molecule has 0 aliphatic carbocycles. The SMILES string of the molecule is Cc1ccccc1NCc1ccn(-c2ccccc2)n1. The summed E-state index contributed by atoms with van der Waals surface area (Å²) in [7, 11) is 0. The van der Waals surface area contributed by atoms with E-state index in [9.17, 15) is 0 Å². The molecule has 3 aromatic rings. The zero-order valence-electron chi connectivity index (χ0n) is 11.5. The lowest BCUT2D eigenvalue weighted by Crippen LogP contribution is -2.03. The molecule has 0 radical (unpaired) electrons. The molecule has 0 spiro atoms. The van der Waals surface area contributed by atoms with Gasteiger partial charge in [-0.25, -0.2) is 4.68 Å². The van der Waals surface area contributed by atoms with Crippen molar-refractivity contribution in [1.82, 2.24) is 9.78 Å². The summed E-state index contributed by atoms with van der Waals surface area (Å²) in [5.41, 5.74) is 4.50. The Morgan fingerprint density at radius 1 is 0.950 bits per heavy atom. The predicted molar refractivity (Wildman–Crippen MR) is 82.1 cm³/mol. The highest BCUT2D eigenvalue weighted by Crippen LogP contribution is 2.14. The fraction of sp³-hybridized carbons (Fsp3) is 0.118. The summed E-state index contributed by atoms with van der Waals surface area (Å²) in [5, 5.41) is 8.00. The quantitative estimate of drug-likeness (QED) is 0.776. The molecule has 100 valence electrons. The number of hydrogen-bond donors (Lipinski definition) is 1. The number of aromatic nitrogens is 2. The highest BCUT2D eigenvalue weighted by atomic mass is 15.3. The van der Waals surface area contributed by atoms with Gasteiger partial charge in [-0.05, 0) is 36.8 Å². The molecule has 0 saturated heterocycles. The van der Waals surface area contributed by atoms with Crippen molar-refractivity contribution in [2.24, 2.45) is 0 Å². The first-order valence-electron chi connectivity index (χ1n) is 6.72. The van der Waals surface area contributed by atoms with E-state index in [0.29, 0.717) is 0 Å². The van der Waals surface area contributed by atoms with E-state index in [4.69, 9.17) is 0 Å². The maximum absolute atomic E-state index is 4.58. The summed E-state index contributed by atoms with van der Waals surface area (Å²) < 4.78 is 1.90. The number of para-hydroxylation sites is 2. The summed E-state index contributed by atoms with van der Waals surface area (Å²) in [6, 6.07) is 20.4. The smallest absolute Gasteiger partial charge is 0.0819 e. The predicted octanol–water partition coefficient (Wildman–Crippen LogP) is 3.79. The van der Waals surface area contributed by atoms with Gasteiger partial charge in [0.15, 0.2) is 0 Å². The van der Waals surface area contributed by atoms with Gasteiger partial charge in [0.05, 0.1) is 17.9 Å². The molecular weight excluding hydrogens is 246 g/mol. The standard InChI is InChI=1S/C17H17N3/c1-14-7-5-6-10-17(14)18-13-15-11-12-20(19-15)16-8-3-2-4-9-16/h2-12,18H,13H2,1H3. The first-order valence-corrected chi connectivity index (χ1v) is 6.72. The number of aryl methyl sites for hydroxylation is 1. The van der Waals surface area contributed by atoms with Crippen molar-refractivity contribution < 1.29 is 0 Å². The number of rotatable bonds is 4. The third-order valence-electron chi connectivity index (χ3n) is 3.27. The van der Waals surface area contributed by atoms with E-state index >= 15 is 0 Å². The van der Waals surface area contributed by atoms with Crippen molar-refractivity contribution in [1.29, 1.82) is 0 Å². The molecule has 0 aliphatic rings. The minimum atomic E-state index is 0.727. The van der Waals surface area contributed by atoms with Crippen LogP contribution in [0, 0.1) is 6.92 Å². The van der Waals surface area contributed by atoms with E-state index in [1.165, 1.54) is 5.56 Å². The van der Waals surface area contributed by atoms with E-state index in [-0.39, 0.29) is 0 Å². The first-order chi connectivity index (χ1) is 9.83. The average Bonchev–Trinajstić information content (AvgIpc) is 2.96. The second-order valence-corrected chi connectivity index (χ2v) is 4.76. The van der Waals surface area contributed by atoms with Crippen molar-refractivity contribution in [2.75, 3.05) is 5.32 Å². The first kappa shape index (κ1) is 12.5. The van der Waals surface area contributed by atoms with Gasteiger partial charge in [-0.15, -0.1) is 0 Å². The lowest BCUT2D eigenvalue weighted by atomic mass is 10.2. The number of nitrogens with one attached hydrogen (secondary N) is 1. The van der Waals surface area contributed by atoms with Crippen LogP contribution in [0.4, 0.5) is 5.69 Å². The van der Waals surface area contributed by atoms with Crippen molar-refractivity contribution in [3.05, 3.63) is 78.1 Å². The molecule has 1 aromatic heterocycles. The van der Waals surface area contributed by atoms with Gasteiger partial charge in [0, 0.05) is 11.9 Å². The van der Waals surface area contributed by atoms with Gasteiger partial charge >= 0.3 is 0 Å². The van der Waals surface area contributed by atoms with Gasteiger partial charge in [-0.2, -0.15) is 5.10 Å². The molecule has 0 aliphatic heterocycles. The Bertz CT molecular complexity index is 686. The summed E-state index contributed by atoms with van der Waals surface area (Å²) in [4.78, 5) is 0. The van der Waals surface area contributed by atoms with Crippen LogP contribution in [0.1, 0.15) is 11.3 Å². The van der Waals surface area contributed by atoms with Crippen LogP contribution >= 0.6 is 0 Å². The van der Waals surface area contributed by atoms with Gasteiger partial charge < -0.3 is 5.32 Å². The van der Waals surface area contributed by atoms with E-state index in [2.05, 4.69) is 29.5 Å². The normalized spacial score (nSPS) is 10.4. The fourth-order valence-corrected chi connectivity index (χ4v) is 2.14. The van der Waals surface area contributed by atoms with Crippen LogP contribution in [0.15, 0.2) is 66.9 Å². The molecule has 0 unspecified atom stereocenters. The van der Waals surface area contributed by atoms with E-state index < -0.39 is 0 Å². The lowest BCUT2D eigenvalue weighted by molar-refractivity contribution is 0.844.